The van der Waals surface area contributed by atoms with Crippen LogP contribution in [0.4, 0.5) is 4.39 Å². The normalized spacial score (nSPS) is 10.6. The summed E-state index contributed by atoms with van der Waals surface area (Å²) in [5.41, 5.74) is 4.28. The highest BCUT2D eigenvalue weighted by atomic mass is 19.1. The van der Waals surface area contributed by atoms with Gasteiger partial charge in [0.2, 0.25) is 5.91 Å². The summed E-state index contributed by atoms with van der Waals surface area (Å²) in [5, 5.41) is 13.0. The topological polar surface area (TPSA) is 78.4 Å². The Morgan fingerprint density at radius 1 is 1.15 bits per heavy atom. The second kappa shape index (κ2) is 7.90. The molecule has 0 aliphatic rings. The molecule has 0 bridgehead atoms. The molecule has 128 valence electrons. The molecular weight excluding hydrogens is 333 g/mol. The predicted octanol–water partition coefficient (Wildman–Crippen LogP) is 3.65. The summed E-state index contributed by atoms with van der Waals surface area (Å²) in [4.78, 5) is 11.8. The first-order valence-corrected chi connectivity index (χ1v) is 7.81. The van der Waals surface area contributed by atoms with Crippen LogP contribution in [0.25, 0.3) is 11.3 Å². The summed E-state index contributed by atoms with van der Waals surface area (Å²) in [6.07, 6.45) is 1.47. The molecule has 3 aromatic rings. The Labute approximate surface area is 149 Å². The van der Waals surface area contributed by atoms with Crippen LogP contribution in [0.2, 0.25) is 0 Å². The SMILES string of the molecule is N#Cc1ccccc1-c1ccc(/C=N/NC(=O)Cc2ccc(F)cc2)o1. The zero-order valence-corrected chi connectivity index (χ0v) is 13.6. The number of rotatable bonds is 5. The first-order chi connectivity index (χ1) is 12.7. The van der Waals surface area contributed by atoms with E-state index in [0.29, 0.717) is 28.2 Å². The third-order valence-electron chi connectivity index (χ3n) is 3.60. The maximum absolute atomic E-state index is 12.8. The van der Waals surface area contributed by atoms with E-state index in [4.69, 9.17) is 9.68 Å². The predicted molar refractivity (Wildman–Crippen MR) is 94.7 cm³/mol. The molecule has 26 heavy (non-hydrogen) atoms. The molecule has 0 spiro atoms. The van der Waals surface area contributed by atoms with Crippen LogP contribution < -0.4 is 5.43 Å². The Kier molecular flexibility index (Phi) is 5.20. The van der Waals surface area contributed by atoms with Crippen molar-refractivity contribution in [2.75, 3.05) is 0 Å². The molecule has 6 heteroatoms. The molecule has 0 saturated heterocycles. The maximum Gasteiger partial charge on any atom is 0.244 e. The number of amides is 1. The summed E-state index contributed by atoms with van der Waals surface area (Å²) in [5.74, 6) is 0.310. The van der Waals surface area contributed by atoms with Crippen LogP contribution in [-0.4, -0.2) is 12.1 Å². The largest absolute Gasteiger partial charge is 0.455 e. The molecule has 1 amide bonds. The number of carbonyl (C=O) groups is 1. The van der Waals surface area contributed by atoms with Gasteiger partial charge in [-0.25, -0.2) is 9.82 Å². The molecule has 2 aromatic carbocycles. The average molecular weight is 347 g/mol. The monoisotopic (exact) mass is 347 g/mol. The van der Waals surface area contributed by atoms with Crippen molar-refractivity contribution < 1.29 is 13.6 Å². The fourth-order valence-electron chi connectivity index (χ4n) is 2.36. The number of hydrogen-bond acceptors (Lipinski definition) is 4. The number of benzene rings is 2. The molecule has 1 N–H and O–H groups in total. The highest BCUT2D eigenvalue weighted by Crippen LogP contribution is 2.24. The fourth-order valence-corrected chi connectivity index (χ4v) is 2.36. The standard InChI is InChI=1S/C20H14FN3O2/c21-16-7-5-14(6-8-16)11-20(25)24-23-13-17-9-10-19(26-17)18-4-2-1-3-15(18)12-22/h1-10,13H,11H2,(H,24,25)/b23-13+. The van der Waals surface area contributed by atoms with Gasteiger partial charge in [-0.15, -0.1) is 0 Å². The van der Waals surface area contributed by atoms with Crippen molar-refractivity contribution >= 4 is 12.1 Å². The van der Waals surface area contributed by atoms with Gasteiger partial charge in [0.05, 0.1) is 24.3 Å². The molecule has 0 radical (unpaired) electrons. The van der Waals surface area contributed by atoms with Crippen molar-refractivity contribution in [3.63, 3.8) is 0 Å². The van der Waals surface area contributed by atoms with E-state index < -0.39 is 0 Å². The van der Waals surface area contributed by atoms with E-state index in [1.54, 1.807) is 42.5 Å². The maximum atomic E-state index is 12.8. The van der Waals surface area contributed by atoms with Gasteiger partial charge < -0.3 is 4.42 Å². The van der Waals surface area contributed by atoms with Gasteiger partial charge in [-0.05, 0) is 42.0 Å². The Balaban J connectivity index is 1.61. The van der Waals surface area contributed by atoms with Crippen LogP contribution in [0, 0.1) is 17.1 Å². The summed E-state index contributed by atoms with van der Waals surface area (Å²) in [6.45, 7) is 0. The average Bonchev–Trinajstić information content (AvgIpc) is 3.12. The van der Waals surface area contributed by atoms with Crippen molar-refractivity contribution in [1.82, 2.24) is 5.43 Å². The second-order valence-corrected chi connectivity index (χ2v) is 5.46. The minimum Gasteiger partial charge on any atom is -0.455 e. The molecule has 1 heterocycles. The lowest BCUT2D eigenvalue weighted by Gasteiger charge is -2.00. The van der Waals surface area contributed by atoms with E-state index in [9.17, 15) is 9.18 Å². The van der Waals surface area contributed by atoms with Crippen molar-refractivity contribution in [3.8, 4) is 17.4 Å². The number of hydrogen-bond donors (Lipinski definition) is 1. The number of nitrogens with one attached hydrogen (secondary N) is 1. The lowest BCUT2D eigenvalue weighted by Crippen LogP contribution is -2.19. The van der Waals surface area contributed by atoms with Crippen LogP contribution in [0.5, 0.6) is 0 Å². The summed E-state index contributed by atoms with van der Waals surface area (Å²) in [6, 6.07) is 18.3. The molecule has 0 aliphatic carbocycles. The quantitative estimate of drug-likeness (QED) is 0.565. The van der Waals surface area contributed by atoms with Gasteiger partial charge in [0, 0.05) is 5.56 Å². The number of halogens is 1. The smallest absolute Gasteiger partial charge is 0.244 e. The van der Waals surface area contributed by atoms with E-state index in [-0.39, 0.29) is 18.1 Å². The number of nitriles is 1. The molecule has 5 nitrogen and oxygen atoms in total. The molecular formula is C20H14FN3O2. The lowest BCUT2D eigenvalue weighted by molar-refractivity contribution is -0.120. The number of carbonyl (C=O) groups excluding carboxylic acids is 1. The minimum absolute atomic E-state index is 0.0938. The van der Waals surface area contributed by atoms with Gasteiger partial charge in [-0.3, -0.25) is 4.79 Å². The number of furan rings is 1. The Hall–Kier alpha value is -3.72. The van der Waals surface area contributed by atoms with Crippen molar-refractivity contribution in [3.05, 3.63) is 83.4 Å². The van der Waals surface area contributed by atoms with E-state index >= 15 is 0 Å². The van der Waals surface area contributed by atoms with Gasteiger partial charge in [-0.2, -0.15) is 10.4 Å². The third kappa shape index (κ3) is 4.22. The minimum atomic E-state index is -0.348. The lowest BCUT2D eigenvalue weighted by atomic mass is 10.1. The Morgan fingerprint density at radius 2 is 1.92 bits per heavy atom. The van der Waals surface area contributed by atoms with Crippen LogP contribution in [0.15, 0.2) is 70.2 Å². The Morgan fingerprint density at radius 3 is 2.69 bits per heavy atom. The van der Waals surface area contributed by atoms with E-state index in [1.807, 2.05) is 6.07 Å². The van der Waals surface area contributed by atoms with Crippen molar-refractivity contribution in [2.45, 2.75) is 6.42 Å². The summed E-state index contributed by atoms with van der Waals surface area (Å²) in [7, 11) is 0. The molecule has 0 aliphatic heterocycles. The Bertz CT molecular complexity index is 985. The highest BCUT2D eigenvalue weighted by Gasteiger charge is 2.08. The van der Waals surface area contributed by atoms with Crippen LogP contribution in [0.3, 0.4) is 0 Å². The zero-order valence-electron chi connectivity index (χ0n) is 13.6. The van der Waals surface area contributed by atoms with E-state index in [0.717, 1.165) is 0 Å². The fraction of sp³-hybridized carbons (Fsp3) is 0.0500. The zero-order chi connectivity index (χ0) is 18.4. The van der Waals surface area contributed by atoms with Gasteiger partial charge >= 0.3 is 0 Å². The number of hydrazone groups is 1. The summed E-state index contributed by atoms with van der Waals surface area (Å²) >= 11 is 0. The van der Waals surface area contributed by atoms with Crippen LogP contribution in [0.1, 0.15) is 16.9 Å². The van der Waals surface area contributed by atoms with Gasteiger partial charge in [-0.1, -0.05) is 24.3 Å². The van der Waals surface area contributed by atoms with Crippen LogP contribution in [-0.2, 0) is 11.2 Å². The van der Waals surface area contributed by atoms with E-state index in [1.165, 1.54) is 18.3 Å². The first-order valence-electron chi connectivity index (χ1n) is 7.81. The van der Waals surface area contributed by atoms with Crippen molar-refractivity contribution in [1.29, 1.82) is 5.26 Å². The molecule has 0 fully saturated rings. The summed E-state index contributed by atoms with van der Waals surface area (Å²) < 4.78 is 18.5. The van der Waals surface area contributed by atoms with Gasteiger partial charge in [0.1, 0.15) is 17.3 Å². The highest BCUT2D eigenvalue weighted by molar-refractivity contribution is 5.82. The molecule has 3 rings (SSSR count). The van der Waals surface area contributed by atoms with E-state index in [2.05, 4.69) is 16.6 Å². The second-order valence-electron chi connectivity index (χ2n) is 5.46. The van der Waals surface area contributed by atoms with Gasteiger partial charge in [0.15, 0.2) is 0 Å². The molecule has 0 unspecified atom stereocenters. The molecule has 1 aromatic heterocycles. The van der Waals surface area contributed by atoms with Gasteiger partial charge in [0.25, 0.3) is 0 Å². The van der Waals surface area contributed by atoms with Crippen LogP contribution >= 0.6 is 0 Å². The first kappa shape index (κ1) is 17.1. The third-order valence-corrected chi connectivity index (χ3v) is 3.60. The number of nitrogens with zero attached hydrogens (tertiary/aromatic N) is 2. The van der Waals surface area contributed by atoms with Crippen molar-refractivity contribution in [2.24, 2.45) is 5.10 Å². The molecule has 0 saturated carbocycles. The molecule has 0 atom stereocenters.